The van der Waals surface area contributed by atoms with Crippen molar-refractivity contribution >= 4 is 29.2 Å². The molecule has 1 aliphatic rings. The van der Waals surface area contributed by atoms with Gasteiger partial charge in [0.05, 0.1) is 0 Å². The highest BCUT2D eigenvalue weighted by atomic mass is 35.5. The van der Waals surface area contributed by atoms with Gasteiger partial charge in [0.15, 0.2) is 0 Å². The Labute approximate surface area is 171 Å². The first kappa shape index (κ1) is 20.2. The molecule has 0 aromatic heterocycles. The van der Waals surface area contributed by atoms with Crippen LogP contribution in [0.25, 0.3) is 0 Å². The topological polar surface area (TPSA) is 61.4 Å². The fourth-order valence-electron chi connectivity index (χ4n) is 3.35. The summed E-state index contributed by atoms with van der Waals surface area (Å²) in [7, 11) is 0. The van der Waals surface area contributed by atoms with Gasteiger partial charge < -0.3 is 15.5 Å². The summed E-state index contributed by atoms with van der Waals surface area (Å²) in [5.41, 5.74) is 2.88. The van der Waals surface area contributed by atoms with E-state index < -0.39 is 0 Å². The molecular formula is C22H26ClN3O2. The number of carbonyl (C=O) groups is 2. The lowest BCUT2D eigenvalue weighted by atomic mass is 9.93. The number of urea groups is 1. The van der Waals surface area contributed by atoms with Crippen molar-refractivity contribution in [2.75, 3.05) is 18.4 Å². The molecule has 2 N–H and O–H groups in total. The Balaban J connectivity index is 1.39. The minimum atomic E-state index is -0.0783. The van der Waals surface area contributed by atoms with E-state index in [1.807, 2.05) is 60.4 Å². The van der Waals surface area contributed by atoms with Gasteiger partial charge in [0, 0.05) is 36.8 Å². The van der Waals surface area contributed by atoms with Crippen molar-refractivity contribution in [3.05, 3.63) is 64.7 Å². The van der Waals surface area contributed by atoms with Crippen LogP contribution in [0.4, 0.5) is 10.5 Å². The number of nitrogens with one attached hydrogen (secondary N) is 2. The van der Waals surface area contributed by atoms with Crippen LogP contribution >= 0.6 is 11.6 Å². The number of carbonyl (C=O) groups excluding carboxylic acids is 2. The number of hydrogen-bond donors (Lipinski definition) is 2. The largest absolute Gasteiger partial charge is 0.352 e. The highest BCUT2D eigenvalue weighted by molar-refractivity contribution is 6.31. The van der Waals surface area contributed by atoms with Gasteiger partial charge in [-0.3, -0.25) is 4.79 Å². The monoisotopic (exact) mass is 399 g/mol. The number of hydrogen-bond acceptors (Lipinski definition) is 2. The third kappa shape index (κ3) is 5.73. The number of anilines is 1. The first-order chi connectivity index (χ1) is 13.5. The number of nitrogens with zero attached hydrogens (tertiary/aromatic N) is 1. The Hall–Kier alpha value is -2.53. The van der Waals surface area contributed by atoms with E-state index in [0.717, 1.165) is 29.7 Å². The lowest BCUT2D eigenvalue weighted by Gasteiger charge is -2.31. The van der Waals surface area contributed by atoms with Crippen LogP contribution in [0.3, 0.4) is 0 Å². The molecule has 1 aliphatic heterocycles. The first-order valence-electron chi connectivity index (χ1n) is 9.64. The second kappa shape index (κ2) is 9.60. The second-order valence-electron chi connectivity index (χ2n) is 7.30. The summed E-state index contributed by atoms with van der Waals surface area (Å²) in [6, 6.07) is 15.2. The summed E-state index contributed by atoms with van der Waals surface area (Å²) in [6.45, 7) is 3.79. The summed E-state index contributed by atoms with van der Waals surface area (Å²) < 4.78 is 0. The normalized spacial score (nSPS) is 14.6. The minimum absolute atomic E-state index is 0.0301. The molecule has 0 spiro atoms. The van der Waals surface area contributed by atoms with Crippen LogP contribution in [-0.4, -0.2) is 29.9 Å². The molecule has 0 bridgehead atoms. The SMILES string of the molecule is Cc1ccc(NC(=O)N2CCC(CC(=O)NCc3ccccc3Cl)CC2)cc1. The van der Waals surface area contributed by atoms with Gasteiger partial charge in [-0.15, -0.1) is 0 Å². The van der Waals surface area contributed by atoms with Crippen LogP contribution in [-0.2, 0) is 11.3 Å². The zero-order chi connectivity index (χ0) is 19.9. The van der Waals surface area contributed by atoms with Gasteiger partial charge in [-0.1, -0.05) is 47.5 Å². The number of benzene rings is 2. The fourth-order valence-corrected chi connectivity index (χ4v) is 3.55. The molecule has 0 radical (unpaired) electrons. The summed E-state index contributed by atoms with van der Waals surface area (Å²) in [6.07, 6.45) is 2.15. The van der Waals surface area contributed by atoms with Crippen molar-refractivity contribution in [1.29, 1.82) is 0 Å². The predicted molar refractivity (Wildman–Crippen MR) is 112 cm³/mol. The molecule has 2 aromatic rings. The average Bonchev–Trinajstić information content (AvgIpc) is 2.69. The Morgan fingerprint density at radius 3 is 2.43 bits per heavy atom. The van der Waals surface area contributed by atoms with E-state index in [4.69, 9.17) is 11.6 Å². The highest BCUT2D eigenvalue weighted by Crippen LogP contribution is 2.22. The number of aryl methyl sites for hydroxylation is 1. The zero-order valence-electron chi connectivity index (χ0n) is 16.1. The molecule has 5 nitrogen and oxygen atoms in total. The van der Waals surface area contributed by atoms with Gasteiger partial charge in [0.25, 0.3) is 0 Å². The third-order valence-corrected chi connectivity index (χ3v) is 5.48. The maximum atomic E-state index is 12.4. The Bertz CT molecular complexity index is 815. The molecule has 3 amide bonds. The molecule has 148 valence electrons. The van der Waals surface area contributed by atoms with Crippen LogP contribution in [0.5, 0.6) is 0 Å². The summed E-state index contributed by atoms with van der Waals surface area (Å²) in [5.74, 6) is 0.331. The van der Waals surface area contributed by atoms with Crippen LogP contribution in [0.1, 0.15) is 30.4 Å². The van der Waals surface area contributed by atoms with E-state index in [9.17, 15) is 9.59 Å². The van der Waals surface area contributed by atoms with Gasteiger partial charge in [-0.05, 0) is 49.4 Å². The van der Waals surface area contributed by atoms with Crippen LogP contribution in [0.15, 0.2) is 48.5 Å². The third-order valence-electron chi connectivity index (χ3n) is 5.11. The van der Waals surface area contributed by atoms with E-state index in [2.05, 4.69) is 10.6 Å². The highest BCUT2D eigenvalue weighted by Gasteiger charge is 2.24. The van der Waals surface area contributed by atoms with Crippen molar-refractivity contribution in [2.45, 2.75) is 32.7 Å². The molecule has 1 heterocycles. The molecule has 6 heteroatoms. The van der Waals surface area contributed by atoms with Crippen molar-refractivity contribution in [3.63, 3.8) is 0 Å². The molecule has 1 saturated heterocycles. The van der Waals surface area contributed by atoms with Crippen molar-refractivity contribution in [2.24, 2.45) is 5.92 Å². The fraction of sp³-hybridized carbons (Fsp3) is 0.364. The molecule has 28 heavy (non-hydrogen) atoms. The Morgan fingerprint density at radius 2 is 1.75 bits per heavy atom. The summed E-state index contributed by atoms with van der Waals surface area (Å²) in [4.78, 5) is 26.4. The van der Waals surface area contributed by atoms with Gasteiger partial charge >= 0.3 is 6.03 Å². The number of likely N-dealkylation sites (tertiary alicyclic amines) is 1. The standard InChI is InChI=1S/C22H26ClN3O2/c1-16-6-8-19(9-7-16)25-22(28)26-12-10-17(11-13-26)14-21(27)24-15-18-4-2-3-5-20(18)23/h2-9,17H,10-15H2,1H3,(H,24,27)(H,25,28). The number of halogens is 1. The second-order valence-corrected chi connectivity index (χ2v) is 7.71. The zero-order valence-corrected chi connectivity index (χ0v) is 16.8. The van der Waals surface area contributed by atoms with E-state index in [0.29, 0.717) is 37.0 Å². The van der Waals surface area contributed by atoms with Crippen molar-refractivity contribution < 1.29 is 9.59 Å². The molecule has 0 atom stereocenters. The predicted octanol–water partition coefficient (Wildman–Crippen LogP) is 4.60. The molecular weight excluding hydrogens is 374 g/mol. The van der Waals surface area contributed by atoms with E-state index in [-0.39, 0.29) is 11.9 Å². The van der Waals surface area contributed by atoms with E-state index >= 15 is 0 Å². The first-order valence-corrected chi connectivity index (χ1v) is 10.0. The van der Waals surface area contributed by atoms with Crippen molar-refractivity contribution in [1.82, 2.24) is 10.2 Å². The van der Waals surface area contributed by atoms with Gasteiger partial charge in [-0.2, -0.15) is 0 Å². The maximum Gasteiger partial charge on any atom is 0.321 e. The summed E-state index contributed by atoms with van der Waals surface area (Å²) in [5, 5.41) is 6.54. The van der Waals surface area contributed by atoms with Gasteiger partial charge in [0.1, 0.15) is 0 Å². The molecule has 2 aromatic carbocycles. The van der Waals surface area contributed by atoms with Gasteiger partial charge in [0.2, 0.25) is 5.91 Å². The quantitative estimate of drug-likeness (QED) is 0.771. The number of rotatable bonds is 5. The van der Waals surface area contributed by atoms with Gasteiger partial charge in [-0.25, -0.2) is 4.79 Å². The van der Waals surface area contributed by atoms with Crippen LogP contribution in [0.2, 0.25) is 5.02 Å². The molecule has 0 saturated carbocycles. The number of piperidine rings is 1. The molecule has 3 rings (SSSR count). The van der Waals surface area contributed by atoms with Crippen LogP contribution in [0, 0.1) is 12.8 Å². The van der Waals surface area contributed by atoms with Crippen LogP contribution < -0.4 is 10.6 Å². The molecule has 1 fully saturated rings. The Morgan fingerprint density at radius 1 is 1.07 bits per heavy atom. The number of amides is 3. The lowest BCUT2D eigenvalue weighted by molar-refractivity contribution is -0.122. The minimum Gasteiger partial charge on any atom is -0.352 e. The summed E-state index contributed by atoms with van der Waals surface area (Å²) >= 11 is 6.12. The maximum absolute atomic E-state index is 12.4. The molecule has 0 unspecified atom stereocenters. The van der Waals surface area contributed by atoms with E-state index in [1.54, 1.807) is 0 Å². The van der Waals surface area contributed by atoms with E-state index in [1.165, 1.54) is 0 Å². The average molecular weight is 400 g/mol. The molecule has 0 aliphatic carbocycles. The van der Waals surface area contributed by atoms with Crippen molar-refractivity contribution in [3.8, 4) is 0 Å². The lowest BCUT2D eigenvalue weighted by Crippen LogP contribution is -2.41. The smallest absolute Gasteiger partial charge is 0.321 e. The Kier molecular flexibility index (Phi) is 6.93.